The van der Waals surface area contributed by atoms with Crippen LogP contribution in [-0.4, -0.2) is 58.6 Å². The minimum absolute atomic E-state index is 0.194. The molecule has 1 fully saturated rings. The number of nitrogens with zero attached hydrogens (tertiary/aromatic N) is 3. The van der Waals surface area contributed by atoms with Gasteiger partial charge in [-0.3, -0.25) is 9.80 Å². The molecule has 0 bridgehead atoms. The zero-order chi connectivity index (χ0) is 17.6. The summed E-state index contributed by atoms with van der Waals surface area (Å²) in [6.07, 6.45) is 0. The maximum atomic E-state index is 11.8. The Bertz CT molecular complexity index is 697. The van der Waals surface area contributed by atoms with Crippen LogP contribution in [0.25, 0.3) is 0 Å². The van der Waals surface area contributed by atoms with Crippen molar-refractivity contribution < 1.29 is 14.6 Å². The zero-order valence-corrected chi connectivity index (χ0v) is 15.2. The molecular formula is C18H23N3O3S. The van der Waals surface area contributed by atoms with Crippen molar-refractivity contribution in [2.75, 3.05) is 32.8 Å². The first-order valence-electron chi connectivity index (χ1n) is 8.50. The van der Waals surface area contributed by atoms with Crippen LogP contribution in [0.3, 0.4) is 0 Å². The Balaban J connectivity index is 1.51. The van der Waals surface area contributed by atoms with Crippen molar-refractivity contribution in [1.29, 1.82) is 0 Å². The molecule has 2 heterocycles. The van der Waals surface area contributed by atoms with Crippen LogP contribution < -0.4 is 0 Å². The number of rotatable bonds is 6. The number of thiazole rings is 1. The van der Waals surface area contributed by atoms with Crippen LogP contribution in [-0.2, 0) is 17.8 Å². The van der Waals surface area contributed by atoms with Gasteiger partial charge in [0.05, 0.1) is 13.2 Å². The molecule has 0 atom stereocenters. The quantitative estimate of drug-likeness (QED) is 0.797. The van der Waals surface area contributed by atoms with Gasteiger partial charge in [-0.15, -0.1) is 11.3 Å². The van der Waals surface area contributed by atoms with E-state index in [2.05, 4.69) is 39.0 Å². The van der Waals surface area contributed by atoms with E-state index in [-0.39, 0.29) is 17.4 Å². The summed E-state index contributed by atoms with van der Waals surface area (Å²) in [5.74, 6) is -0.724. The van der Waals surface area contributed by atoms with Gasteiger partial charge in [0.1, 0.15) is 5.01 Å². The third-order valence-electron chi connectivity index (χ3n) is 4.19. The number of piperazine rings is 1. The lowest BCUT2D eigenvalue weighted by Crippen LogP contribution is -2.45. The van der Waals surface area contributed by atoms with Gasteiger partial charge < -0.3 is 9.84 Å². The smallest absolute Gasteiger partial charge is 0.353 e. The fraction of sp³-hybridized carbons (Fsp3) is 0.444. The molecule has 1 aromatic carbocycles. The topological polar surface area (TPSA) is 65.9 Å². The zero-order valence-electron chi connectivity index (χ0n) is 14.4. The lowest BCUT2D eigenvalue weighted by molar-refractivity contribution is 0.0528. The molecule has 1 aromatic heterocycles. The van der Waals surface area contributed by atoms with E-state index in [0.717, 1.165) is 37.7 Å². The SMILES string of the molecule is CCOC(=O)c1sc(CN2CCN(Cc3ccccc3)CC2)nc1O. The van der Waals surface area contributed by atoms with Gasteiger partial charge >= 0.3 is 5.97 Å². The van der Waals surface area contributed by atoms with Gasteiger partial charge in [-0.1, -0.05) is 30.3 Å². The summed E-state index contributed by atoms with van der Waals surface area (Å²) in [5.41, 5.74) is 1.33. The van der Waals surface area contributed by atoms with Gasteiger partial charge in [-0.05, 0) is 12.5 Å². The van der Waals surface area contributed by atoms with Crippen LogP contribution in [0, 0.1) is 0 Å². The van der Waals surface area contributed by atoms with Crippen molar-refractivity contribution in [3.05, 3.63) is 45.8 Å². The van der Waals surface area contributed by atoms with Gasteiger partial charge in [0.2, 0.25) is 5.88 Å². The summed E-state index contributed by atoms with van der Waals surface area (Å²) >= 11 is 1.21. The molecule has 1 N–H and O–H groups in total. The van der Waals surface area contributed by atoms with Gasteiger partial charge in [0.25, 0.3) is 0 Å². The molecule has 3 rings (SSSR count). The van der Waals surface area contributed by atoms with Crippen molar-refractivity contribution >= 4 is 17.3 Å². The van der Waals surface area contributed by atoms with Crippen molar-refractivity contribution in [3.63, 3.8) is 0 Å². The standard InChI is InChI=1S/C18H23N3O3S/c1-2-24-18(23)16-17(22)19-15(25-16)13-21-10-8-20(9-11-21)12-14-6-4-3-5-7-14/h3-7,22H,2,8-13H2,1H3. The van der Waals surface area contributed by atoms with Crippen LogP contribution in [0.15, 0.2) is 30.3 Å². The molecule has 6 nitrogen and oxygen atoms in total. The highest BCUT2D eigenvalue weighted by Gasteiger charge is 2.22. The van der Waals surface area contributed by atoms with E-state index < -0.39 is 5.97 Å². The van der Waals surface area contributed by atoms with Crippen molar-refractivity contribution in [2.24, 2.45) is 0 Å². The summed E-state index contributed by atoms with van der Waals surface area (Å²) in [6.45, 7) is 7.54. The molecule has 0 amide bonds. The summed E-state index contributed by atoms with van der Waals surface area (Å²) in [6, 6.07) is 10.5. The highest BCUT2D eigenvalue weighted by molar-refractivity contribution is 7.13. The Labute approximate surface area is 151 Å². The molecule has 1 aliphatic heterocycles. The number of hydrogen-bond donors (Lipinski definition) is 1. The van der Waals surface area contributed by atoms with Gasteiger partial charge in [0.15, 0.2) is 4.88 Å². The molecule has 7 heteroatoms. The van der Waals surface area contributed by atoms with Crippen LogP contribution in [0.5, 0.6) is 5.88 Å². The van der Waals surface area contributed by atoms with Crippen molar-refractivity contribution in [1.82, 2.24) is 14.8 Å². The van der Waals surface area contributed by atoms with Crippen molar-refractivity contribution in [2.45, 2.75) is 20.0 Å². The first-order chi connectivity index (χ1) is 12.2. The molecule has 1 saturated heterocycles. The van der Waals surface area contributed by atoms with Gasteiger partial charge in [0, 0.05) is 32.7 Å². The van der Waals surface area contributed by atoms with E-state index in [1.165, 1.54) is 16.9 Å². The Morgan fingerprint density at radius 3 is 2.44 bits per heavy atom. The van der Waals surface area contributed by atoms with E-state index in [4.69, 9.17) is 4.74 Å². The molecule has 0 radical (unpaired) electrons. The molecule has 0 unspecified atom stereocenters. The Morgan fingerprint density at radius 2 is 1.80 bits per heavy atom. The Morgan fingerprint density at radius 1 is 1.16 bits per heavy atom. The Hall–Kier alpha value is -1.96. The highest BCUT2D eigenvalue weighted by Crippen LogP contribution is 2.26. The third kappa shape index (κ3) is 4.78. The number of carbonyl (C=O) groups is 1. The minimum Gasteiger partial charge on any atom is -0.492 e. The van der Waals surface area contributed by atoms with E-state index in [0.29, 0.717) is 6.54 Å². The molecule has 0 saturated carbocycles. The molecule has 2 aromatic rings. The van der Waals surface area contributed by atoms with E-state index >= 15 is 0 Å². The number of aromatic nitrogens is 1. The highest BCUT2D eigenvalue weighted by atomic mass is 32.1. The van der Waals surface area contributed by atoms with Gasteiger partial charge in [-0.25, -0.2) is 9.78 Å². The van der Waals surface area contributed by atoms with Crippen LogP contribution in [0.2, 0.25) is 0 Å². The van der Waals surface area contributed by atoms with Gasteiger partial charge in [-0.2, -0.15) is 0 Å². The number of esters is 1. The number of hydrogen-bond acceptors (Lipinski definition) is 7. The van der Waals surface area contributed by atoms with Crippen molar-refractivity contribution in [3.8, 4) is 5.88 Å². The van der Waals surface area contributed by atoms with Crippen LogP contribution in [0.4, 0.5) is 0 Å². The largest absolute Gasteiger partial charge is 0.492 e. The number of benzene rings is 1. The second-order valence-electron chi connectivity index (χ2n) is 6.02. The average molecular weight is 361 g/mol. The van der Waals surface area contributed by atoms with E-state index in [1.807, 2.05) is 6.07 Å². The normalized spacial score (nSPS) is 16.0. The predicted molar refractivity (Wildman–Crippen MR) is 96.7 cm³/mol. The van der Waals surface area contributed by atoms with Crippen LogP contribution in [0.1, 0.15) is 27.2 Å². The first-order valence-corrected chi connectivity index (χ1v) is 9.31. The number of carbonyl (C=O) groups excluding carboxylic acids is 1. The number of ether oxygens (including phenoxy) is 1. The molecule has 25 heavy (non-hydrogen) atoms. The monoisotopic (exact) mass is 361 g/mol. The molecule has 0 spiro atoms. The molecule has 1 aliphatic rings. The summed E-state index contributed by atoms with van der Waals surface area (Å²) < 4.78 is 4.93. The fourth-order valence-corrected chi connectivity index (χ4v) is 3.78. The maximum Gasteiger partial charge on any atom is 0.353 e. The summed E-state index contributed by atoms with van der Waals surface area (Å²) in [5, 5.41) is 10.6. The summed E-state index contributed by atoms with van der Waals surface area (Å²) in [4.78, 5) is 20.8. The summed E-state index contributed by atoms with van der Waals surface area (Å²) in [7, 11) is 0. The molecule has 0 aliphatic carbocycles. The number of aromatic hydroxyl groups is 1. The second-order valence-corrected chi connectivity index (χ2v) is 7.10. The average Bonchev–Trinajstić information content (AvgIpc) is 2.98. The van der Waals surface area contributed by atoms with Crippen LogP contribution >= 0.6 is 11.3 Å². The first kappa shape index (κ1) is 17.8. The molecular weight excluding hydrogens is 338 g/mol. The van der Waals surface area contributed by atoms with E-state index in [9.17, 15) is 9.90 Å². The van der Waals surface area contributed by atoms with E-state index in [1.54, 1.807) is 6.92 Å². The Kier molecular flexibility index (Phi) is 6.01. The predicted octanol–water partition coefficient (Wildman–Crippen LogP) is 2.34. The lowest BCUT2D eigenvalue weighted by atomic mass is 10.2. The minimum atomic E-state index is -0.503. The third-order valence-corrected chi connectivity index (χ3v) is 5.20. The fourth-order valence-electron chi connectivity index (χ4n) is 2.89. The lowest BCUT2D eigenvalue weighted by Gasteiger charge is -2.34. The molecule has 134 valence electrons. The second kappa shape index (κ2) is 8.42. The maximum absolute atomic E-state index is 11.8.